The molecule has 0 spiro atoms. The number of carbonyl (C=O) groups is 2. The predicted molar refractivity (Wildman–Crippen MR) is 82.1 cm³/mol. The molecule has 1 unspecified atom stereocenters. The summed E-state index contributed by atoms with van der Waals surface area (Å²) < 4.78 is 0. The van der Waals surface area contributed by atoms with Crippen molar-refractivity contribution in [3.63, 3.8) is 0 Å². The zero-order valence-electron chi connectivity index (χ0n) is 12.9. The third-order valence-corrected chi connectivity index (χ3v) is 2.91. The lowest BCUT2D eigenvalue weighted by molar-refractivity contribution is -0.136. The molecule has 0 aliphatic rings. The van der Waals surface area contributed by atoms with E-state index in [9.17, 15) is 14.7 Å². The van der Waals surface area contributed by atoms with Crippen LogP contribution in [0.15, 0.2) is 18.2 Å². The van der Waals surface area contributed by atoms with Gasteiger partial charge in [-0.05, 0) is 39.6 Å². The van der Waals surface area contributed by atoms with E-state index < -0.39 is 17.9 Å². The van der Waals surface area contributed by atoms with Crippen LogP contribution >= 0.6 is 0 Å². The molecule has 0 radical (unpaired) electrons. The van der Waals surface area contributed by atoms with Crippen LogP contribution in [0.2, 0.25) is 0 Å². The summed E-state index contributed by atoms with van der Waals surface area (Å²) in [5.74, 6) is -1.49. The Morgan fingerprint density at radius 2 is 1.90 bits per heavy atom. The van der Waals surface area contributed by atoms with Crippen LogP contribution < -0.4 is 10.6 Å². The van der Waals surface area contributed by atoms with Gasteiger partial charge in [0.15, 0.2) is 0 Å². The summed E-state index contributed by atoms with van der Waals surface area (Å²) in [7, 11) is 3.63. The molecule has 0 bridgehead atoms. The van der Waals surface area contributed by atoms with Gasteiger partial charge in [0.1, 0.15) is 0 Å². The molecule has 1 aromatic carbocycles. The average molecular weight is 293 g/mol. The summed E-state index contributed by atoms with van der Waals surface area (Å²) in [6, 6.07) is 5.55. The lowest BCUT2D eigenvalue weighted by atomic mass is 10.1. The molecule has 3 N–H and O–H groups in total. The van der Waals surface area contributed by atoms with E-state index in [1.165, 1.54) is 0 Å². The highest BCUT2D eigenvalue weighted by atomic mass is 16.3. The fraction of sp³-hybridized carbons (Fsp3) is 0.467. The number of amides is 2. The Morgan fingerprint density at radius 1 is 1.24 bits per heavy atom. The van der Waals surface area contributed by atoms with E-state index in [1.54, 1.807) is 11.0 Å². The van der Waals surface area contributed by atoms with Crippen molar-refractivity contribution in [1.82, 2.24) is 10.2 Å². The number of hydrogen-bond acceptors (Lipinski definition) is 4. The lowest BCUT2D eigenvalue weighted by Gasteiger charge is -2.16. The van der Waals surface area contributed by atoms with Crippen molar-refractivity contribution in [1.29, 1.82) is 0 Å². The molecule has 1 rings (SSSR count). The van der Waals surface area contributed by atoms with E-state index in [2.05, 4.69) is 10.6 Å². The molecule has 0 aromatic heterocycles. The van der Waals surface area contributed by atoms with Crippen LogP contribution in [0.1, 0.15) is 11.1 Å². The molecule has 2 amide bonds. The van der Waals surface area contributed by atoms with Crippen LogP contribution in [0.4, 0.5) is 5.69 Å². The highest BCUT2D eigenvalue weighted by Crippen LogP contribution is 2.15. The third-order valence-electron chi connectivity index (χ3n) is 2.91. The van der Waals surface area contributed by atoms with Gasteiger partial charge in [0.2, 0.25) is 0 Å². The number of aliphatic hydroxyl groups is 1. The Balaban J connectivity index is 2.49. The normalized spacial score (nSPS) is 12.1. The first-order valence-corrected chi connectivity index (χ1v) is 6.79. The number of benzene rings is 1. The quantitative estimate of drug-likeness (QED) is 0.681. The maximum Gasteiger partial charge on any atom is 0.313 e. The fourth-order valence-electron chi connectivity index (χ4n) is 1.91. The van der Waals surface area contributed by atoms with E-state index in [4.69, 9.17) is 0 Å². The Kier molecular flexibility index (Phi) is 6.33. The molecular weight excluding hydrogens is 270 g/mol. The zero-order valence-corrected chi connectivity index (χ0v) is 12.9. The second-order valence-corrected chi connectivity index (χ2v) is 5.40. The number of carbonyl (C=O) groups excluding carboxylic acids is 2. The van der Waals surface area contributed by atoms with Crippen molar-refractivity contribution in [3.8, 4) is 0 Å². The summed E-state index contributed by atoms with van der Waals surface area (Å²) in [5.41, 5.74) is 2.58. The van der Waals surface area contributed by atoms with Gasteiger partial charge >= 0.3 is 11.8 Å². The van der Waals surface area contributed by atoms with E-state index in [0.717, 1.165) is 11.1 Å². The Hall–Kier alpha value is -1.92. The molecule has 0 saturated carbocycles. The molecule has 6 nitrogen and oxygen atoms in total. The summed E-state index contributed by atoms with van der Waals surface area (Å²) in [4.78, 5) is 25.2. The monoisotopic (exact) mass is 293 g/mol. The van der Waals surface area contributed by atoms with Gasteiger partial charge in [-0.25, -0.2) is 0 Å². The van der Waals surface area contributed by atoms with Gasteiger partial charge in [-0.3, -0.25) is 9.59 Å². The van der Waals surface area contributed by atoms with Crippen LogP contribution in [0, 0.1) is 13.8 Å². The van der Waals surface area contributed by atoms with Crippen LogP contribution in [-0.2, 0) is 9.59 Å². The Labute approximate surface area is 125 Å². The number of likely N-dealkylation sites (N-methyl/N-ethyl adjacent to an activating group) is 1. The lowest BCUT2D eigenvalue weighted by Crippen LogP contribution is -2.42. The number of aryl methyl sites for hydroxylation is 2. The van der Waals surface area contributed by atoms with Gasteiger partial charge in [0.05, 0.1) is 6.10 Å². The van der Waals surface area contributed by atoms with Gasteiger partial charge in [-0.15, -0.1) is 0 Å². The molecule has 116 valence electrons. The Bertz CT molecular complexity index is 515. The van der Waals surface area contributed by atoms with Gasteiger partial charge in [0.25, 0.3) is 0 Å². The maximum atomic E-state index is 11.8. The molecule has 1 atom stereocenters. The van der Waals surface area contributed by atoms with Gasteiger partial charge < -0.3 is 20.6 Å². The van der Waals surface area contributed by atoms with Crippen LogP contribution in [0.3, 0.4) is 0 Å². The summed E-state index contributed by atoms with van der Waals surface area (Å²) >= 11 is 0. The van der Waals surface area contributed by atoms with Gasteiger partial charge in [0, 0.05) is 18.8 Å². The number of anilines is 1. The standard InChI is InChI=1S/C15H23N3O3/c1-10-5-6-13(11(2)7-10)17-15(21)14(20)16-8-12(19)9-18(3)4/h5-7,12,19H,8-9H2,1-4H3,(H,16,20)(H,17,21). The summed E-state index contributed by atoms with van der Waals surface area (Å²) in [6.07, 6.45) is -0.710. The SMILES string of the molecule is Cc1ccc(NC(=O)C(=O)NCC(O)CN(C)C)c(C)c1. The van der Waals surface area contributed by atoms with Crippen LogP contribution in [-0.4, -0.2) is 55.1 Å². The first kappa shape index (κ1) is 17.1. The minimum Gasteiger partial charge on any atom is -0.390 e. The first-order valence-electron chi connectivity index (χ1n) is 6.79. The topological polar surface area (TPSA) is 81.7 Å². The minimum absolute atomic E-state index is 0.0390. The second-order valence-electron chi connectivity index (χ2n) is 5.40. The molecule has 0 heterocycles. The van der Waals surface area contributed by atoms with E-state index in [0.29, 0.717) is 12.2 Å². The van der Waals surface area contributed by atoms with Gasteiger partial charge in [-0.2, -0.15) is 0 Å². The number of aliphatic hydroxyl groups excluding tert-OH is 1. The molecule has 21 heavy (non-hydrogen) atoms. The van der Waals surface area contributed by atoms with E-state index in [1.807, 2.05) is 40.1 Å². The number of rotatable bonds is 5. The minimum atomic E-state index is -0.757. The predicted octanol–water partition coefficient (Wildman–Crippen LogP) is 0.281. The van der Waals surface area contributed by atoms with Crippen molar-refractivity contribution >= 4 is 17.5 Å². The van der Waals surface area contributed by atoms with Crippen molar-refractivity contribution in [2.75, 3.05) is 32.5 Å². The number of nitrogens with one attached hydrogen (secondary N) is 2. The molecule has 0 aliphatic heterocycles. The molecule has 0 fully saturated rings. The first-order chi connectivity index (χ1) is 9.79. The number of nitrogens with zero attached hydrogens (tertiary/aromatic N) is 1. The smallest absolute Gasteiger partial charge is 0.313 e. The van der Waals surface area contributed by atoms with Crippen molar-refractivity contribution in [2.45, 2.75) is 20.0 Å². The highest BCUT2D eigenvalue weighted by Gasteiger charge is 2.16. The maximum absolute atomic E-state index is 11.8. The van der Waals surface area contributed by atoms with Crippen LogP contribution in [0.5, 0.6) is 0 Å². The molecular formula is C15H23N3O3. The van der Waals surface area contributed by atoms with Crippen molar-refractivity contribution in [2.24, 2.45) is 0 Å². The summed E-state index contributed by atoms with van der Waals surface area (Å²) in [5, 5.41) is 14.6. The second kappa shape index (κ2) is 7.75. The average Bonchev–Trinajstić information content (AvgIpc) is 2.38. The molecule has 6 heteroatoms. The highest BCUT2D eigenvalue weighted by molar-refractivity contribution is 6.39. The third kappa shape index (κ3) is 5.93. The summed E-state index contributed by atoms with van der Waals surface area (Å²) in [6.45, 7) is 4.27. The molecule has 1 aromatic rings. The molecule has 0 saturated heterocycles. The zero-order chi connectivity index (χ0) is 16.0. The van der Waals surface area contributed by atoms with Crippen molar-refractivity contribution < 1.29 is 14.7 Å². The molecule has 0 aliphatic carbocycles. The number of hydrogen-bond donors (Lipinski definition) is 3. The van der Waals surface area contributed by atoms with Crippen LogP contribution in [0.25, 0.3) is 0 Å². The largest absolute Gasteiger partial charge is 0.390 e. The Morgan fingerprint density at radius 3 is 2.48 bits per heavy atom. The van der Waals surface area contributed by atoms with Crippen molar-refractivity contribution in [3.05, 3.63) is 29.3 Å². The van der Waals surface area contributed by atoms with E-state index in [-0.39, 0.29) is 6.54 Å². The fourth-order valence-corrected chi connectivity index (χ4v) is 1.91. The van der Waals surface area contributed by atoms with E-state index >= 15 is 0 Å². The van der Waals surface area contributed by atoms with Gasteiger partial charge in [-0.1, -0.05) is 17.7 Å².